The van der Waals surface area contributed by atoms with Crippen molar-refractivity contribution >= 4 is 44.2 Å². The number of thiazole rings is 1. The van der Waals surface area contributed by atoms with Gasteiger partial charge in [0.15, 0.2) is 5.13 Å². The Hall–Kier alpha value is -0.560. The van der Waals surface area contributed by atoms with Crippen molar-refractivity contribution in [1.29, 1.82) is 0 Å². The molecule has 0 aliphatic carbocycles. The van der Waals surface area contributed by atoms with E-state index in [-0.39, 0.29) is 0 Å². The number of rotatable bonds is 4. The second kappa shape index (κ2) is 6.69. The fourth-order valence-corrected chi connectivity index (χ4v) is 4.94. The Morgan fingerprint density at radius 3 is 3.05 bits per heavy atom. The van der Waals surface area contributed by atoms with E-state index in [1.54, 1.807) is 11.3 Å². The van der Waals surface area contributed by atoms with Crippen molar-refractivity contribution in [3.8, 4) is 0 Å². The lowest BCUT2D eigenvalue weighted by atomic mass is 10.0. The molecule has 3 nitrogen and oxygen atoms in total. The highest BCUT2D eigenvalue weighted by Gasteiger charge is 2.26. The summed E-state index contributed by atoms with van der Waals surface area (Å²) in [5.74, 6) is 1.18. The number of hydrogen-bond acceptors (Lipinski definition) is 5. The molecule has 0 bridgehead atoms. The average molecular weight is 384 g/mol. The van der Waals surface area contributed by atoms with Crippen molar-refractivity contribution in [1.82, 2.24) is 9.88 Å². The van der Waals surface area contributed by atoms with E-state index in [4.69, 9.17) is 5.73 Å². The van der Waals surface area contributed by atoms with Gasteiger partial charge < -0.3 is 5.73 Å². The number of nitrogen functional groups attached to an aromatic ring is 1. The number of thioether (sulfide) groups is 1. The highest BCUT2D eigenvalue weighted by molar-refractivity contribution is 9.10. The highest BCUT2D eigenvalue weighted by atomic mass is 79.9. The minimum Gasteiger partial charge on any atom is -0.375 e. The van der Waals surface area contributed by atoms with Gasteiger partial charge in [-0.05, 0) is 42.5 Å². The molecule has 0 saturated heterocycles. The van der Waals surface area contributed by atoms with Gasteiger partial charge in [-0.2, -0.15) is 0 Å². The molecule has 0 saturated carbocycles. The summed E-state index contributed by atoms with van der Waals surface area (Å²) in [6.45, 7) is 4.18. The quantitative estimate of drug-likeness (QED) is 0.840. The minimum atomic E-state index is 0.479. The minimum absolute atomic E-state index is 0.479. The maximum Gasteiger partial charge on any atom is 0.180 e. The molecule has 21 heavy (non-hydrogen) atoms. The molecule has 0 radical (unpaired) electrons. The van der Waals surface area contributed by atoms with Crippen LogP contribution in [0.4, 0.5) is 5.13 Å². The number of anilines is 1. The molecule has 1 aliphatic heterocycles. The molecule has 0 spiro atoms. The van der Waals surface area contributed by atoms with Crippen LogP contribution >= 0.6 is 39.0 Å². The van der Waals surface area contributed by atoms with Crippen LogP contribution in [0.5, 0.6) is 0 Å². The van der Waals surface area contributed by atoms with Crippen LogP contribution in [0.1, 0.15) is 29.8 Å². The number of fused-ring (bicyclic) bond motifs is 1. The van der Waals surface area contributed by atoms with E-state index in [0.29, 0.717) is 11.2 Å². The lowest BCUT2D eigenvalue weighted by Gasteiger charge is -2.34. The summed E-state index contributed by atoms with van der Waals surface area (Å²) in [5.41, 5.74) is 7.19. The molecule has 0 fully saturated rings. The Bertz CT molecular complexity index is 629. The lowest BCUT2D eigenvalue weighted by molar-refractivity contribution is 0.192. The van der Waals surface area contributed by atoms with E-state index in [1.165, 1.54) is 27.5 Å². The highest BCUT2D eigenvalue weighted by Crippen LogP contribution is 2.41. The monoisotopic (exact) mass is 383 g/mol. The van der Waals surface area contributed by atoms with Crippen molar-refractivity contribution in [2.24, 2.45) is 0 Å². The van der Waals surface area contributed by atoms with E-state index >= 15 is 0 Å². The zero-order valence-corrected chi connectivity index (χ0v) is 15.1. The molecule has 1 aromatic heterocycles. The summed E-state index contributed by atoms with van der Waals surface area (Å²) in [5, 5.41) is 0.656. The van der Waals surface area contributed by atoms with E-state index in [2.05, 4.69) is 50.9 Å². The maximum absolute atomic E-state index is 5.75. The average Bonchev–Trinajstić information content (AvgIpc) is 2.89. The molecule has 1 unspecified atom stereocenters. The van der Waals surface area contributed by atoms with E-state index in [1.807, 2.05) is 18.0 Å². The van der Waals surface area contributed by atoms with Gasteiger partial charge in [-0.1, -0.05) is 22.9 Å². The molecule has 2 aromatic rings. The first-order valence-corrected chi connectivity index (χ1v) is 9.63. The summed E-state index contributed by atoms with van der Waals surface area (Å²) in [7, 11) is 0. The predicted octanol–water partition coefficient (Wildman–Crippen LogP) is 4.55. The van der Waals surface area contributed by atoms with Crippen LogP contribution in [0, 0.1) is 0 Å². The Morgan fingerprint density at radius 1 is 1.48 bits per heavy atom. The molecule has 1 atom stereocenters. The van der Waals surface area contributed by atoms with Crippen molar-refractivity contribution in [2.75, 3.05) is 18.0 Å². The molecule has 2 heterocycles. The molecule has 2 N–H and O–H groups in total. The van der Waals surface area contributed by atoms with E-state index < -0.39 is 0 Å². The van der Waals surface area contributed by atoms with Crippen molar-refractivity contribution in [2.45, 2.75) is 30.8 Å². The van der Waals surface area contributed by atoms with Gasteiger partial charge in [-0.3, -0.25) is 4.90 Å². The Labute approximate surface area is 142 Å². The second-order valence-electron chi connectivity index (χ2n) is 5.06. The summed E-state index contributed by atoms with van der Waals surface area (Å²) in [6, 6.07) is 7.12. The largest absolute Gasteiger partial charge is 0.375 e. The van der Waals surface area contributed by atoms with Crippen LogP contribution in [-0.2, 0) is 6.54 Å². The molecular weight excluding hydrogens is 366 g/mol. The first-order chi connectivity index (χ1) is 10.2. The maximum atomic E-state index is 5.75. The summed E-state index contributed by atoms with van der Waals surface area (Å²) in [4.78, 5) is 9.34. The molecule has 112 valence electrons. The number of nitrogens with zero attached hydrogens (tertiary/aromatic N) is 2. The van der Waals surface area contributed by atoms with Gasteiger partial charge in [-0.25, -0.2) is 4.98 Å². The Kier molecular flexibility index (Phi) is 4.88. The molecular formula is C15H18BrN3S2. The Balaban J connectivity index is 1.86. The van der Waals surface area contributed by atoms with Crippen LogP contribution in [0.15, 0.2) is 33.8 Å². The SMILES string of the molecule is CCN(Cc1cnc(N)s1)C1CCSc2ccc(Br)cc21. The number of nitrogens with two attached hydrogens (primary N) is 1. The first-order valence-electron chi connectivity index (χ1n) is 7.04. The number of aromatic nitrogens is 1. The fourth-order valence-electron chi connectivity index (χ4n) is 2.76. The van der Waals surface area contributed by atoms with Gasteiger partial charge in [0, 0.05) is 33.0 Å². The summed E-state index contributed by atoms with van der Waals surface area (Å²) >= 11 is 7.16. The third-order valence-electron chi connectivity index (χ3n) is 3.76. The standard InChI is InChI=1S/C15H18BrN3S2/c1-2-19(9-11-8-18-15(17)21-11)13-5-6-20-14-4-3-10(16)7-12(13)14/h3-4,7-8,13H,2,5-6,9H2,1H3,(H2,17,18). The fraction of sp³-hybridized carbons (Fsp3) is 0.400. The lowest BCUT2D eigenvalue weighted by Crippen LogP contribution is -2.30. The van der Waals surface area contributed by atoms with Gasteiger partial charge in [0.05, 0.1) is 0 Å². The summed E-state index contributed by atoms with van der Waals surface area (Å²) in [6.07, 6.45) is 3.10. The smallest absolute Gasteiger partial charge is 0.180 e. The van der Waals surface area contributed by atoms with Crippen molar-refractivity contribution < 1.29 is 0 Å². The van der Waals surface area contributed by atoms with Crippen molar-refractivity contribution in [3.63, 3.8) is 0 Å². The normalized spacial score (nSPS) is 18.0. The van der Waals surface area contributed by atoms with Crippen LogP contribution in [0.2, 0.25) is 0 Å². The zero-order chi connectivity index (χ0) is 14.8. The molecule has 6 heteroatoms. The molecule has 1 aromatic carbocycles. The predicted molar refractivity (Wildman–Crippen MR) is 94.8 cm³/mol. The van der Waals surface area contributed by atoms with Crippen molar-refractivity contribution in [3.05, 3.63) is 39.3 Å². The third kappa shape index (κ3) is 3.44. The van der Waals surface area contributed by atoms with E-state index in [0.717, 1.165) is 17.6 Å². The van der Waals surface area contributed by atoms with Crippen LogP contribution in [0.25, 0.3) is 0 Å². The second-order valence-corrected chi connectivity index (χ2v) is 8.26. The van der Waals surface area contributed by atoms with Gasteiger partial charge in [0.1, 0.15) is 0 Å². The van der Waals surface area contributed by atoms with E-state index in [9.17, 15) is 0 Å². The van der Waals surface area contributed by atoms with Gasteiger partial charge in [0.2, 0.25) is 0 Å². The zero-order valence-electron chi connectivity index (χ0n) is 11.9. The van der Waals surface area contributed by atoms with Gasteiger partial charge in [0.25, 0.3) is 0 Å². The number of hydrogen-bond donors (Lipinski definition) is 1. The number of halogens is 1. The third-order valence-corrected chi connectivity index (χ3v) is 6.18. The first kappa shape index (κ1) is 15.3. The molecule has 1 aliphatic rings. The van der Waals surface area contributed by atoms with Gasteiger partial charge in [-0.15, -0.1) is 23.1 Å². The van der Waals surface area contributed by atoms with Gasteiger partial charge >= 0.3 is 0 Å². The number of benzene rings is 1. The Morgan fingerprint density at radius 2 is 2.33 bits per heavy atom. The van der Waals surface area contributed by atoms with Crippen LogP contribution < -0.4 is 5.73 Å². The molecule has 0 amide bonds. The van der Waals surface area contributed by atoms with Crippen LogP contribution in [0.3, 0.4) is 0 Å². The molecule has 3 rings (SSSR count). The summed E-state index contributed by atoms with van der Waals surface area (Å²) < 4.78 is 1.16. The van der Waals surface area contributed by atoms with Crippen LogP contribution in [-0.4, -0.2) is 22.2 Å². The topological polar surface area (TPSA) is 42.2 Å².